The average Bonchev–Trinajstić information content (AvgIpc) is 2.29. The molecule has 4 nitrogen and oxygen atoms in total. The maximum absolute atomic E-state index is 11.2. The monoisotopic (exact) mass is 276 g/mol. The van der Waals surface area contributed by atoms with Crippen LogP contribution in [0.2, 0.25) is 0 Å². The number of halogens is 1. The second-order valence-electron chi connectivity index (χ2n) is 4.11. The normalized spacial score (nSPS) is 17.6. The summed E-state index contributed by atoms with van der Waals surface area (Å²) in [6.45, 7) is 1.51. The predicted octanol–water partition coefficient (Wildman–Crippen LogP) is 1.37. The van der Waals surface area contributed by atoms with Crippen molar-refractivity contribution in [3.63, 3.8) is 0 Å². The molecule has 0 radical (unpaired) electrons. The lowest BCUT2D eigenvalue weighted by molar-refractivity contribution is 0.531. The largest absolute Gasteiger partial charge is 0.371 e. The number of primary sulfonamides is 1. The third-order valence-electron chi connectivity index (χ3n) is 3.03. The molecule has 1 fully saturated rings. The first-order chi connectivity index (χ1) is 7.57. The van der Waals surface area contributed by atoms with Gasteiger partial charge in [0.25, 0.3) is 0 Å². The molecule has 6 heteroatoms. The summed E-state index contributed by atoms with van der Waals surface area (Å²) in [5.41, 5.74) is 1.15. The van der Waals surface area contributed by atoms with Crippen molar-refractivity contribution in [3.05, 3.63) is 30.3 Å². The Balaban J connectivity index is 0.00000144. The molecular weight excluding hydrogens is 260 g/mol. The van der Waals surface area contributed by atoms with E-state index in [1.54, 1.807) is 0 Å². The van der Waals surface area contributed by atoms with Crippen molar-refractivity contribution in [2.24, 2.45) is 5.14 Å². The summed E-state index contributed by atoms with van der Waals surface area (Å²) in [4.78, 5) is 2.20. The van der Waals surface area contributed by atoms with Crippen LogP contribution >= 0.6 is 12.4 Å². The fourth-order valence-electron chi connectivity index (χ4n) is 2.08. The van der Waals surface area contributed by atoms with E-state index in [1.165, 1.54) is 0 Å². The molecule has 0 amide bonds. The van der Waals surface area contributed by atoms with E-state index in [2.05, 4.69) is 4.90 Å². The second-order valence-corrected chi connectivity index (χ2v) is 5.96. The van der Waals surface area contributed by atoms with Gasteiger partial charge in [0, 0.05) is 18.8 Å². The lowest BCUT2D eigenvalue weighted by Gasteiger charge is -2.32. The van der Waals surface area contributed by atoms with Crippen LogP contribution in [-0.4, -0.2) is 26.8 Å². The van der Waals surface area contributed by atoms with Crippen LogP contribution in [0.5, 0.6) is 0 Å². The van der Waals surface area contributed by atoms with E-state index in [1.807, 2.05) is 30.3 Å². The Kier molecular flexibility index (Phi) is 4.80. The molecule has 0 saturated carbocycles. The first kappa shape index (κ1) is 14.3. The van der Waals surface area contributed by atoms with Gasteiger partial charge >= 0.3 is 0 Å². The molecular formula is C11H17ClN2O2S. The quantitative estimate of drug-likeness (QED) is 0.887. The van der Waals surface area contributed by atoms with E-state index >= 15 is 0 Å². The molecule has 0 bridgehead atoms. The van der Waals surface area contributed by atoms with E-state index in [0.29, 0.717) is 12.8 Å². The number of rotatable bonds is 2. The Morgan fingerprint density at radius 3 is 2.12 bits per heavy atom. The lowest BCUT2D eigenvalue weighted by atomic mass is 10.1. The van der Waals surface area contributed by atoms with Gasteiger partial charge in [0.15, 0.2) is 0 Å². The van der Waals surface area contributed by atoms with Crippen LogP contribution in [0, 0.1) is 0 Å². The van der Waals surface area contributed by atoms with Gasteiger partial charge < -0.3 is 4.90 Å². The Morgan fingerprint density at radius 1 is 1.12 bits per heavy atom. The summed E-state index contributed by atoms with van der Waals surface area (Å²) >= 11 is 0. The van der Waals surface area contributed by atoms with Crippen LogP contribution in [0.4, 0.5) is 5.69 Å². The van der Waals surface area contributed by atoms with Crippen molar-refractivity contribution < 1.29 is 8.42 Å². The molecule has 17 heavy (non-hydrogen) atoms. The second kappa shape index (κ2) is 5.71. The summed E-state index contributed by atoms with van der Waals surface area (Å²) < 4.78 is 22.4. The lowest BCUT2D eigenvalue weighted by Crippen LogP contribution is -2.41. The number of anilines is 1. The molecule has 0 aliphatic carbocycles. The Morgan fingerprint density at radius 2 is 1.65 bits per heavy atom. The molecule has 1 heterocycles. The Hall–Kier alpha value is -0.780. The van der Waals surface area contributed by atoms with Gasteiger partial charge in [-0.1, -0.05) is 18.2 Å². The van der Waals surface area contributed by atoms with E-state index in [4.69, 9.17) is 5.14 Å². The number of benzene rings is 1. The van der Waals surface area contributed by atoms with E-state index < -0.39 is 10.0 Å². The fourth-order valence-corrected chi connectivity index (χ4v) is 2.95. The van der Waals surface area contributed by atoms with Gasteiger partial charge in [-0.15, -0.1) is 12.4 Å². The molecule has 0 atom stereocenters. The zero-order valence-corrected chi connectivity index (χ0v) is 11.1. The zero-order chi connectivity index (χ0) is 11.6. The molecule has 1 aromatic carbocycles. The Labute approximate surface area is 108 Å². The Bertz CT molecular complexity index is 442. The maximum Gasteiger partial charge on any atom is 0.212 e. The average molecular weight is 277 g/mol. The topological polar surface area (TPSA) is 63.4 Å². The highest BCUT2D eigenvalue weighted by Gasteiger charge is 2.27. The minimum absolute atomic E-state index is 0. The highest BCUT2D eigenvalue weighted by molar-refractivity contribution is 7.89. The summed E-state index contributed by atoms with van der Waals surface area (Å²) in [7, 11) is -3.36. The maximum atomic E-state index is 11.2. The minimum atomic E-state index is -3.36. The molecule has 1 saturated heterocycles. The number of piperidine rings is 1. The molecule has 0 spiro atoms. The van der Waals surface area contributed by atoms with Crippen molar-refractivity contribution >= 4 is 28.1 Å². The number of para-hydroxylation sites is 1. The van der Waals surface area contributed by atoms with Gasteiger partial charge in [0.1, 0.15) is 0 Å². The molecule has 1 aliphatic rings. The minimum Gasteiger partial charge on any atom is -0.371 e. The molecule has 1 aromatic rings. The molecule has 0 unspecified atom stereocenters. The number of hydrogen-bond acceptors (Lipinski definition) is 3. The third-order valence-corrected chi connectivity index (χ3v) is 4.43. The van der Waals surface area contributed by atoms with Crippen molar-refractivity contribution in [2.75, 3.05) is 18.0 Å². The number of nitrogens with zero attached hydrogens (tertiary/aromatic N) is 1. The van der Waals surface area contributed by atoms with Gasteiger partial charge in [-0.05, 0) is 25.0 Å². The van der Waals surface area contributed by atoms with Gasteiger partial charge in [-0.2, -0.15) is 0 Å². The standard InChI is InChI=1S/C11H16N2O2S.ClH/c12-16(14,15)11-6-8-13(9-7-11)10-4-2-1-3-5-10;/h1-5,11H,6-9H2,(H2,12,14,15);1H. The molecule has 96 valence electrons. The third kappa shape index (κ3) is 3.59. The van der Waals surface area contributed by atoms with Gasteiger partial charge in [-0.25, -0.2) is 13.6 Å². The van der Waals surface area contributed by atoms with Crippen molar-refractivity contribution in [3.8, 4) is 0 Å². The van der Waals surface area contributed by atoms with Crippen molar-refractivity contribution in [1.29, 1.82) is 0 Å². The zero-order valence-electron chi connectivity index (χ0n) is 9.45. The van der Waals surface area contributed by atoms with Crippen molar-refractivity contribution in [2.45, 2.75) is 18.1 Å². The molecule has 1 aliphatic heterocycles. The number of hydrogen-bond donors (Lipinski definition) is 1. The van der Waals surface area contributed by atoms with Crippen LogP contribution in [0.15, 0.2) is 30.3 Å². The smallest absolute Gasteiger partial charge is 0.212 e. The van der Waals surface area contributed by atoms with Crippen LogP contribution in [0.3, 0.4) is 0 Å². The van der Waals surface area contributed by atoms with Crippen LogP contribution < -0.4 is 10.0 Å². The predicted molar refractivity (Wildman–Crippen MR) is 72.0 cm³/mol. The van der Waals surface area contributed by atoms with Crippen LogP contribution in [-0.2, 0) is 10.0 Å². The van der Waals surface area contributed by atoms with Gasteiger partial charge in [-0.3, -0.25) is 0 Å². The van der Waals surface area contributed by atoms with Crippen molar-refractivity contribution in [1.82, 2.24) is 0 Å². The van der Waals surface area contributed by atoms with E-state index in [-0.39, 0.29) is 17.7 Å². The first-order valence-electron chi connectivity index (χ1n) is 5.39. The molecule has 2 rings (SSSR count). The van der Waals surface area contributed by atoms with Crippen LogP contribution in [0.25, 0.3) is 0 Å². The van der Waals surface area contributed by atoms with E-state index in [9.17, 15) is 8.42 Å². The summed E-state index contributed by atoms with van der Waals surface area (Å²) in [5.74, 6) is 0. The summed E-state index contributed by atoms with van der Waals surface area (Å²) in [5, 5.41) is 4.78. The number of nitrogens with two attached hydrogens (primary N) is 1. The highest BCUT2D eigenvalue weighted by Crippen LogP contribution is 2.21. The van der Waals surface area contributed by atoms with Gasteiger partial charge in [0.05, 0.1) is 5.25 Å². The summed E-state index contributed by atoms with van der Waals surface area (Å²) in [6.07, 6.45) is 1.24. The van der Waals surface area contributed by atoms with Gasteiger partial charge in [0.2, 0.25) is 10.0 Å². The summed E-state index contributed by atoms with van der Waals surface area (Å²) in [6, 6.07) is 10.0. The molecule has 2 N–H and O–H groups in total. The first-order valence-corrected chi connectivity index (χ1v) is 7.00. The fraction of sp³-hybridized carbons (Fsp3) is 0.455. The highest BCUT2D eigenvalue weighted by atomic mass is 35.5. The van der Waals surface area contributed by atoms with E-state index in [0.717, 1.165) is 18.8 Å². The number of sulfonamides is 1. The SMILES string of the molecule is Cl.NS(=O)(=O)C1CCN(c2ccccc2)CC1. The van der Waals surface area contributed by atoms with Crippen LogP contribution in [0.1, 0.15) is 12.8 Å². The molecule has 0 aromatic heterocycles.